The molecule has 84 valence electrons. The molecule has 0 saturated heterocycles. The summed E-state index contributed by atoms with van der Waals surface area (Å²) in [5, 5.41) is 13.0. The lowest BCUT2D eigenvalue weighted by Gasteiger charge is -2.05. The first-order valence-electron chi connectivity index (χ1n) is 5.19. The van der Waals surface area contributed by atoms with Gasteiger partial charge < -0.3 is 0 Å². The second kappa shape index (κ2) is 4.22. The molecule has 0 atom stereocenters. The monoisotopic (exact) mass is 225 g/mol. The lowest BCUT2D eigenvalue weighted by atomic mass is 10.2. The largest absolute Gasteiger partial charge is 0.289 e. The van der Waals surface area contributed by atoms with E-state index in [9.17, 15) is 4.79 Å². The number of nitriles is 1. The lowest BCUT2D eigenvalue weighted by Crippen LogP contribution is -2.24. The van der Waals surface area contributed by atoms with Crippen molar-refractivity contribution in [3.8, 4) is 11.8 Å². The number of hydrogen-bond acceptors (Lipinski definition) is 3. The van der Waals surface area contributed by atoms with Crippen molar-refractivity contribution in [3.05, 3.63) is 57.5 Å². The third-order valence-electron chi connectivity index (χ3n) is 2.56. The Morgan fingerprint density at radius 2 is 1.88 bits per heavy atom. The maximum absolute atomic E-state index is 12.0. The van der Waals surface area contributed by atoms with Crippen molar-refractivity contribution in [2.45, 2.75) is 13.8 Å². The Labute approximate surface area is 98.8 Å². The molecule has 0 unspecified atom stereocenters. The van der Waals surface area contributed by atoms with E-state index >= 15 is 0 Å². The first kappa shape index (κ1) is 11.1. The first-order chi connectivity index (χ1) is 8.13. The van der Waals surface area contributed by atoms with Gasteiger partial charge in [-0.1, -0.05) is 17.7 Å². The summed E-state index contributed by atoms with van der Waals surface area (Å²) < 4.78 is 1.24. The van der Waals surface area contributed by atoms with E-state index in [4.69, 9.17) is 5.26 Å². The summed E-state index contributed by atoms with van der Waals surface area (Å²) >= 11 is 0. The highest BCUT2D eigenvalue weighted by molar-refractivity contribution is 5.38. The van der Waals surface area contributed by atoms with Gasteiger partial charge in [0.1, 0.15) is 11.6 Å². The van der Waals surface area contributed by atoms with Crippen molar-refractivity contribution in [1.29, 1.82) is 5.26 Å². The number of hydrogen-bond donors (Lipinski definition) is 0. The highest BCUT2D eigenvalue weighted by atomic mass is 16.1. The van der Waals surface area contributed by atoms with Crippen LogP contribution in [0.3, 0.4) is 0 Å². The van der Waals surface area contributed by atoms with E-state index in [1.807, 2.05) is 25.1 Å². The van der Waals surface area contributed by atoms with Gasteiger partial charge in [0.05, 0.1) is 11.9 Å². The molecule has 0 aliphatic rings. The Balaban J connectivity index is 2.66. The van der Waals surface area contributed by atoms with Crippen LogP contribution < -0.4 is 5.56 Å². The molecule has 0 amide bonds. The highest BCUT2D eigenvalue weighted by Crippen LogP contribution is 2.07. The van der Waals surface area contributed by atoms with Crippen LogP contribution >= 0.6 is 0 Å². The number of rotatable bonds is 1. The predicted octanol–water partition coefficient (Wildman–Crippen LogP) is 1.72. The predicted molar refractivity (Wildman–Crippen MR) is 64.0 cm³/mol. The number of aryl methyl sites for hydroxylation is 2. The summed E-state index contributed by atoms with van der Waals surface area (Å²) in [7, 11) is 0. The minimum atomic E-state index is -0.378. The Morgan fingerprint density at radius 1 is 1.24 bits per heavy atom. The van der Waals surface area contributed by atoms with Crippen LogP contribution in [0.2, 0.25) is 0 Å². The maximum Gasteiger partial charge on any atom is 0.289 e. The Bertz CT molecular complexity index is 648. The molecule has 1 aromatic heterocycles. The second-order valence-electron chi connectivity index (χ2n) is 3.87. The van der Waals surface area contributed by atoms with Crippen LogP contribution in [0, 0.1) is 25.2 Å². The summed E-state index contributed by atoms with van der Waals surface area (Å²) in [4.78, 5) is 12.0. The average Bonchev–Trinajstić information content (AvgIpc) is 2.31. The number of benzene rings is 1. The van der Waals surface area contributed by atoms with Gasteiger partial charge in [-0.05, 0) is 31.5 Å². The molecule has 2 rings (SSSR count). The van der Waals surface area contributed by atoms with Gasteiger partial charge in [-0.25, -0.2) is 0 Å². The van der Waals surface area contributed by atoms with Crippen LogP contribution in [0.15, 0.2) is 35.3 Å². The van der Waals surface area contributed by atoms with Gasteiger partial charge in [0.15, 0.2) is 0 Å². The number of nitrogens with zero attached hydrogens (tertiary/aromatic N) is 3. The molecule has 0 spiro atoms. The van der Waals surface area contributed by atoms with Crippen molar-refractivity contribution < 1.29 is 0 Å². The van der Waals surface area contributed by atoms with E-state index in [1.165, 1.54) is 10.9 Å². The molecule has 0 fully saturated rings. The summed E-state index contributed by atoms with van der Waals surface area (Å²) in [6, 6.07) is 9.32. The van der Waals surface area contributed by atoms with Crippen molar-refractivity contribution in [2.75, 3.05) is 0 Å². The van der Waals surface area contributed by atoms with E-state index in [1.54, 1.807) is 19.1 Å². The van der Waals surface area contributed by atoms with Crippen molar-refractivity contribution in [3.63, 3.8) is 0 Å². The van der Waals surface area contributed by atoms with Crippen LogP contribution in [0.1, 0.15) is 16.7 Å². The van der Waals surface area contributed by atoms with Crippen LogP contribution in [0.5, 0.6) is 0 Å². The van der Waals surface area contributed by atoms with Crippen molar-refractivity contribution >= 4 is 0 Å². The summed E-state index contributed by atoms with van der Waals surface area (Å²) in [5.41, 5.74) is 2.13. The molecule has 1 heterocycles. The Kier molecular flexibility index (Phi) is 2.75. The zero-order valence-corrected chi connectivity index (χ0v) is 9.64. The molecule has 0 aliphatic carbocycles. The standard InChI is InChI=1S/C13H11N3O/c1-9-3-5-11(6-4-9)16-13(17)12(7-14)10(2)8-15-16/h3-6,8H,1-2H3. The van der Waals surface area contributed by atoms with Gasteiger partial charge in [-0.15, -0.1) is 0 Å². The van der Waals surface area contributed by atoms with Crippen LogP contribution in [0.4, 0.5) is 0 Å². The molecule has 2 aromatic rings. The normalized spacial score (nSPS) is 9.94. The molecule has 1 aromatic carbocycles. The fraction of sp³-hybridized carbons (Fsp3) is 0.154. The topological polar surface area (TPSA) is 58.7 Å². The molecule has 0 saturated carbocycles. The Hall–Kier alpha value is -2.41. The third kappa shape index (κ3) is 1.95. The average molecular weight is 225 g/mol. The zero-order chi connectivity index (χ0) is 12.4. The summed E-state index contributed by atoms with van der Waals surface area (Å²) in [5.74, 6) is 0. The fourth-order valence-corrected chi connectivity index (χ4v) is 1.54. The van der Waals surface area contributed by atoms with Gasteiger partial charge in [-0.2, -0.15) is 15.0 Å². The minimum absolute atomic E-state index is 0.139. The van der Waals surface area contributed by atoms with Gasteiger partial charge in [0.2, 0.25) is 0 Å². The molecule has 0 N–H and O–H groups in total. The lowest BCUT2D eigenvalue weighted by molar-refractivity contribution is 0.795. The van der Waals surface area contributed by atoms with Crippen molar-refractivity contribution in [1.82, 2.24) is 9.78 Å². The second-order valence-corrected chi connectivity index (χ2v) is 3.87. The fourth-order valence-electron chi connectivity index (χ4n) is 1.54. The van der Waals surface area contributed by atoms with Gasteiger partial charge in [0, 0.05) is 0 Å². The van der Waals surface area contributed by atoms with Gasteiger partial charge in [-0.3, -0.25) is 4.79 Å². The molecule has 4 nitrogen and oxygen atoms in total. The van der Waals surface area contributed by atoms with E-state index < -0.39 is 0 Å². The van der Waals surface area contributed by atoms with Crippen LogP contribution in [-0.4, -0.2) is 9.78 Å². The maximum atomic E-state index is 12.0. The molecule has 17 heavy (non-hydrogen) atoms. The first-order valence-corrected chi connectivity index (χ1v) is 5.19. The summed E-state index contributed by atoms with van der Waals surface area (Å²) in [6.45, 7) is 3.67. The minimum Gasteiger partial charge on any atom is -0.266 e. The number of aromatic nitrogens is 2. The van der Waals surface area contributed by atoms with Crippen LogP contribution in [-0.2, 0) is 0 Å². The Morgan fingerprint density at radius 3 is 2.47 bits per heavy atom. The van der Waals surface area contributed by atoms with Crippen LogP contribution in [0.25, 0.3) is 5.69 Å². The molecule has 0 aliphatic heterocycles. The van der Waals surface area contributed by atoms with E-state index in [2.05, 4.69) is 5.10 Å². The van der Waals surface area contributed by atoms with E-state index in [0.717, 1.165) is 5.56 Å². The zero-order valence-electron chi connectivity index (χ0n) is 9.64. The smallest absolute Gasteiger partial charge is 0.266 e. The van der Waals surface area contributed by atoms with Crippen molar-refractivity contribution in [2.24, 2.45) is 0 Å². The third-order valence-corrected chi connectivity index (χ3v) is 2.56. The summed E-state index contributed by atoms with van der Waals surface area (Å²) in [6.07, 6.45) is 1.53. The van der Waals surface area contributed by atoms with E-state index in [0.29, 0.717) is 11.3 Å². The molecular formula is C13H11N3O. The molecule has 0 radical (unpaired) electrons. The van der Waals surface area contributed by atoms with E-state index in [-0.39, 0.29) is 11.1 Å². The van der Waals surface area contributed by atoms with Gasteiger partial charge in [0.25, 0.3) is 5.56 Å². The van der Waals surface area contributed by atoms with Gasteiger partial charge >= 0.3 is 0 Å². The highest BCUT2D eigenvalue weighted by Gasteiger charge is 2.08. The molecular weight excluding hydrogens is 214 g/mol. The molecule has 0 bridgehead atoms. The molecule has 4 heteroatoms. The SMILES string of the molecule is Cc1ccc(-n2ncc(C)c(C#N)c2=O)cc1. The quantitative estimate of drug-likeness (QED) is 0.742.